The fourth-order valence-electron chi connectivity index (χ4n) is 5.69. The van der Waals surface area contributed by atoms with E-state index in [1.54, 1.807) is 11.0 Å². The van der Waals surface area contributed by atoms with Crippen LogP contribution in [0, 0.1) is 0 Å². The van der Waals surface area contributed by atoms with Gasteiger partial charge in [-0.3, -0.25) is 9.69 Å². The Morgan fingerprint density at radius 1 is 0.818 bits per heavy atom. The molecule has 0 radical (unpaired) electrons. The molecule has 0 aromatic heterocycles. The number of rotatable bonds is 8. The molecule has 14 heteroatoms. The highest BCUT2D eigenvalue weighted by Gasteiger charge is 2.40. The molecule has 2 aliphatic rings. The Hall–Kier alpha value is -2.97. The summed E-state index contributed by atoms with van der Waals surface area (Å²) in [5.41, 5.74) is -0.353. The lowest BCUT2D eigenvalue weighted by atomic mass is 10.0. The van der Waals surface area contributed by atoms with Crippen LogP contribution in [-0.2, 0) is 37.4 Å². The molecule has 44 heavy (non-hydrogen) atoms. The number of amides is 1. The zero-order chi connectivity index (χ0) is 30.8. The van der Waals surface area contributed by atoms with E-state index in [1.807, 2.05) is 30.3 Å². The minimum Gasteiger partial charge on any atom is -0.341 e. The summed E-state index contributed by atoms with van der Waals surface area (Å²) in [7, 11) is -9.06. The predicted molar refractivity (Wildman–Crippen MR) is 160 cm³/mol. The average molecular weight is 672 g/mol. The first kappa shape index (κ1) is 33.9. The third-order valence-electron chi connectivity index (χ3n) is 7.92. The Morgan fingerprint density at radius 3 is 2.05 bits per heavy atom. The van der Waals surface area contributed by atoms with E-state index in [0.717, 1.165) is 31.0 Å². The summed E-state index contributed by atoms with van der Waals surface area (Å²) >= 11 is 0. The van der Waals surface area contributed by atoms with Gasteiger partial charge in [-0.05, 0) is 68.1 Å². The second-order valence-electron chi connectivity index (χ2n) is 10.8. The van der Waals surface area contributed by atoms with Crippen molar-refractivity contribution in [1.82, 2.24) is 14.5 Å². The number of nitrogens with zero attached hydrogens (tertiary/aromatic N) is 2. The smallest absolute Gasteiger partial charge is 0.341 e. The van der Waals surface area contributed by atoms with Gasteiger partial charge >= 0.3 is 6.18 Å². The minimum atomic E-state index is -5.04. The molecule has 2 heterocycles. The number of hydrogen-bond donors (Lipinski definition) is 1. The molecule has 0 spiro atoms. The maximum atomic E-state index is 13.9. The van der Waals surface area contributed by atoms with Crippen molar-refractivity contribution >= 4 is 38.2 Å². The Labute approximate surface area is 261 Å². The lowest BCUT2D eigenvalue weighted by molar-refractivity contribution is -0.140. The van der Waals surface area contributed by atoms with Crippen molar-refractivity contribution in [3.8, 4) is 0 Å². The fourth-order valence-corrected chi connectivity index (χ4v) is 8.63. The number of likely N-dealkylation sites (tertiary alicyclic amines) is 2. The summed E-state index contributed by atoms with van der Waals surface area (Å²) in [5, 5.41) is 0. The molecule has 2 saturated heterocycles. The number of sulfonamides is 1. The van der Waals surface area contributed by atoms with Crippen LogP contribution in [0.15, 0.2) is 93.5 Å². The van der Waals surface area contributed by atoms with E-state index in [2.05, 4.69) is 9.62 Å². The molecule has 3 aromatic carbocycles. The van der Waals surface area contributed by atoms with E-state index in [4.69, 9.17) is 0 Å². The molecular formula is C30H33ClF3N3O5S2. The normalized spacial score (nSPS) is 18.6. The van der Waals surface area contributed by atoms with Crippen LogP contribution in [0.2, 0.25) is 0 Å². The molecule has 8 nitrogen and oxygen atoms in total. The maximum absolute atomic E-state index is 13.9. The third-order valence-corrected chi connectivity index (χ3v) is 11.2. The second kappa shape index (κ2) is 13.6. The van der Waals surface area contributed by atoms with Gasteiger partial charge in [0, 0.05) is 25.7 Å². The fraction of sp³-hybridized carbons (Fsp3) is 0.367. The number of sulfone groups is 1. The summed E-state index contributed by atoms with van der Waals surface area (Å²) in [4.78, 5) is 15.3. The quantitative estimate of drug-likeness (QED) is 0.366. The predicted octanol–water partition coefficient (Wildman–Crippen LogP) is 4.89. The van der Waals surface area contributed by atoms with Gasteiger partial charge in [-0.15, -0.1) is 12.4 Å². The van der Waals surface area contributed by atoms with Crippen LogP contribution in [0.4, 0.5) is 13.2 Å². The van der Waals surface area contributed by atoms with Gasteiger partial charge in [0.25, 0.3) is 0 Å². The van der Waals surface area contributed by atoms with Crippen LogP contribution in [0.1, 0.15) is 36.8 Å². The molecule has 2 aliphatic heterocycles. The van der Waals surface area contributed by atoms with Crippen LogP contribution >= 0.6 is 12.4 Å². The number of nitrogens with one attached hydrogen (secondary N) is 1. The number of carbonyl (C=O) groups is 1. The van der Waals surface area contributed by atoms with Crippen molar-refractivity contribution in [2.75, 3.05) is 19.6 Å². The average Bonchev–Trinajstić information content (AvgIpc) is 3.45. The molecule has 0 saturated carbocycles. The number of carbonyl (C=O) groups excluding carboxylic acids is 1. The molecule has 3 aromatic rings. The van der Waals surface area contributed by atoms with Gasteiger partial charge in [-0.2, -0.15) is 13.2 Å². The van der Waals surface area contributed by atoms with Crippen molar-refractivity contribution in [3.63, 3.8) is 0 Å². The van der Waals surface area contributed by atoms with Crippen LogP contribution in [0.5, 0.6) is 0 Å². The number of hydrogen-bond acceptors (Lipinski definition) is 6. The second-order valence-corrected chi connectivity index (χ2v) is 14.4. The highest BCUT2D eigenvalue weighted by molar-refractivity contribution is 7.91. The van der Waals surface area contributed by atoms with E-state index in [1.165, 1.54) is 24.3 Å². The Kier molecular flexibility index (Phi) is 10.5. The maximum Gasteiger partial charge on any atom is 0.417 e. The number of halogens is 4. The first-order valence-corrected chi connectivity index (χ1v) is 16.9. The molecule has 0 aliphatic carbocycles. The molecule has 238 valence electrons. The molecule has 1 atom stereocenters. The van der Waals surface area contributed by atoms with E-state index in [-0.39, 0.29) is 55.2 Å². The minimum absolute atomic E-state index is 0. The van der Waals surface area contributed by atoms with Gasteiger partial charge in [0.15, 0.2) is 0 Å². The molecule has 1 amide bonds. The van der Waals surface area contributed by atoms with Crippen molar-refractivity contribution in [2.45, 2.75) is 65.2 Å². The summed E-state index contributed by atoms with van der Waals surface area (Å²) in [5.74, 6) is -0.0343. The zero-order valence-electron chi connectivity index (χ0n) is 23.6. The standard InChI is InChI=1S/C30H32F3N3O5S2.ClH/c31-30(32,33)26-14-13-25(42(38,39)24-10-5-2-6-11-24)20-28(26)43(40,41)34-23-15-18-35(19-16-23)29(37)27-12-7-17-36(27)21-22-8-3-1-4-9-22;/h1-6,8-11,13-14,20,23,27,34H,7,12,15-19,21H2;1H/t27-;/m0./s1. The SMILES string of the molecule is Cl.O=C([C@@H]1CCCN1Cc1ccccc1)N1CCC(NS(=O)(=O)c2cc(S(=O)(=O)c3ccccc3)ccc2C(F)(F)F)CC1. The third kappa shape index (κ3) is 7.45. The number of piperidine rings is 1. The van der Waals surface area contributed by atoms with E-state index < -0.39 is 47.4 Å². The molecule has 1 N–H and O–H groups in total. The van der Waals surface area contributed by atoms with E-state index >= 15 is 0 Å². The molecular weight excluding hydrogens is 639 g/mol. The molecule has 0 bridgehead atoms. The summed E-state index contributed by atoms with van der Waals surface area (Å²) in [6.45, 7) is 1.93. The van der Waals surface area contributed by atoms with Crippen LogP contribution < -0.4 is 4.72 Å². The van der Waals surface area contributed by atoms with Crippen molar-refractivity contribution in [1.29, 1.82) is 0 Å². The molecule has 2 fully saturated rings. The summed E-state index contributed by atoms with van der Waals surface area (Å²) < 4.78 is 96.8. The lowest BCUT2D eigenvalue weighted by Gasteiger charge is -2.35. The zero-order valence-corrected chi connectivity index (χ0v) is 26.1. The molecule has 5 rings (SSSR count). The van der Waals surface area contributed by atoms with Gasteiger partial charge < -0.3 is 4.90 Å². The van der Waals surface area contributed by atoms with Gasteiger partial charge in [-0.25, -0.2) is 21.6 Å². The van der Waals surface area contributed by atoms with E-state index in [0.29, 0.717) is 18.7 Å². The summed E-state index contributed by atoms with van der Waals surface area (Å²) in [6.07, 6.45) is -3.01. The highest BCUT2D eigenvalue weighted by atomic mass is 35.5. The van der Waals surface area contributed by atoms with Gasteiger partial charge in [0.1, 0.15) is 0 Å². The number of alkyl halides is 3. The van der Waals surface area contributed by atoms with Crippen LogP contribution in [0.3, 0.4) is 0 Å². The van der Waals surface area contributed by atoms with Crippen LogP contribution in [-0.4, -0.2) is 64.3 Å². The largest absolute Gasteiger partial charge is 0.417 e. The molecule has 0 unspecified atom stereocenters. The lowest BCUT2D eigenvalue weighted by Crippen LogP contribution is -2.51. The van der Waals surface area contributed by atoms with Crippen molar-refractivity contribution in [2.24, 2.45) is 0 Å². The van der Waals surface area contributed by atoms with Gasteiger partial charge in [-0.1, -0.05) is 48.5 Å². The monoisotopic (exact) mass is 671 g/mol. The van der Waals surface area contributed by atoms with Crippen molar-refractivity contribution in [3.05, 3.63) is 90.0 Å². The highest BCUT2D eigenvalue weighted by Crippen LogP contribution is 2.36. The topological polar surface area (TPSA) is 104 Å². The summed E-state index contributed by atoms with van der Waals surface area (Å²) in [6, 6.07) is 17.7. The van der Waals surface area contributed by atoms with Gasteiger partial charge in [0.2, 0.25) is 25.8 Å². The Bertz CT molecular complexity index is 1670. The van der Waals surface area contributed by atoms with Crippen molar-refractivity contribution < 1.29 is 34.8 Å². The Morgan fingerprint density at radius 2 is 1.43 bits per heavy atom. The van der Waals surface area contributed by atoms with Gasteiger partial charge in [0.05, 0.1) is 26.3 Å². The van der Waals surface area contributed by atoms with Crippen LogP contribution in [0.25, 0.3) is 0 Å². The van der Waals surface area contributed by atoms with E-state index in [9.17, 15) is 34.8 Å². The number of benzene rings is 3. The first-order chi connectivity index (χ1) is 20.4. The first-order valence-electron chi connectivity index (χ1n) is 14.0. The Balaban J connectivity index is 0.00000442.